The van der Waals surface area contributed by atoms with E-state index in [-0.39, 0.29) is 5.69 Å². The minimum Gasteiger partial charge on any atom is -0.508 e. The van der Waals surface area contributed by atoms with Crippen LogP contribution in [0.15, 0.2) is 18.2 Å². The van der Waals surface area contributed by atoms with Crippen molar-refractivity contribution < 1.29 is 32.5 Å². The maximum absolute atomic E-state index is 13.7. The topological polar surface area (TPSA) is 67.8 Å². The zero-order valence-electron chi connectivity index (χ0n) is 12.0. The Bertz CT molecular complexity index is 730. The number of ether oxygens (including phenoxy) is 2. The van der Waals surface area contributed by atoms with Gasteiger partial charge in [-0.3, -0.25) is 5.32 Å². The van der Waals surface area contributed by atoms with Crippen LogP contribution in [-0.2, 0) is 15.1 Å². The number of aromatic hydroxyl groups is 1. The Morgan fingerprint density at radius 1 is 1.35 bits per heavy atom. The molecule has 0 spiro atoms. The van der Waals surface area contributed by atoms with E-state index in [9.17, 15) is 23.1 Å². The SMILES string of the molecule is COC1(C#C[C@]2(C(F)(F)F)OC(=O)Nc3ccc(O)cc32)CC1. The van der Waals surface area contributed by atoms with Crippen molar-refractivity contribution >= 4 is 11.8 Å². The number of methoxy groups -OCH3 is 1. The molecule has 1 saturated carbocycles. The van der Waals surface area contributed by atoms with Gasteiger partial charge in [0.15, 0.2) is 0 Å². The van der Waals surface area contributed by atoms with Crippen LogP contribution in [0.3, 0.4) is 0 Å². The lowest BCUT2D eigenvalue weighted by molar-refractivity contribution is -0.239. The van der Waals surface area contributed by atoms with E-state index in [2.05, 4.69) is 16.0 Å². The smallest absolute Gasteiger partial charge is 0.445 e. The van der Waals surface area contributed by atoms with Gasteiger partial charge in [-0.2, -0.15) is 13.2 Å². The molecule has 3 rings (SSSR count). The second-order valence-electron chi connectivity index (χ2n) is 5.37. The highest BCUT2D eigenvalue weighted by Crippen LogP contribution is 2.49. The molecule has 0 aromatic heterocycles. The average Bonchev–Trinajstić information content (AvgIpc) is 3.25. The summed E-state index contributed by atoms with van der Waals surface area (Å²) < 4.78 is 50.9. The summed E-state index contributed by atoms with van der Waals surface area (Å²) in [6.07, 6.45) is -5.26. The Balaban J connectivity index is 2.21. The van der Waals surface area contributed by atoms with Crippen molar-refractivity contribution in [2.45, 2.75) is 30.2 Å². The zero-order valence-corrected chi connectivity index (χ0v) is 12.0. The van der Waals surface area contributed by atoms with E-state index in [4.69, 9.17) is 4.74 Å². The zero-order chi connectivity index (χ0) is 16.9. The van der Waals surface area contributed by atoms with E-state index in [0.29, 0.717) is 12.8 Å². The van der Waals surface area contributed by atoms with Gasteiger partial charge in [0.2, 0.25) is 0 Å². The number of anilines is 1. The van der Waals surface area contributed by atoms with Gasteiger partial charge in [-0.1, -0.05) is 5.92 Å². The van der Waals surface area contributed by atoms with Gasteiger partial charge in [0.1, 0.15) is 11.4 Å². The summed E-state index contributed by atoms with van der Waals surface area (Å²) in [5.74, 6) is 4.09. The van der Waals surface area contributed by atoms with E-state index in [1.807, 2.05) is 5.92 Å². The number of phenolic OH excluding ortho intramolecular Hbond substituents is 1. The number of fused-ring (bicyclic) bond motifs is 1. The fraction of sp³-hybridized carbons (Fsp3) is 0.400. The van der Waals surface area contributed by atoms with Gasteiger partial charge in [-0.15, -0.1) is 0 Å². The van der Waals surface area contributed by atoms with Crippen LogP contribution in [0.4, 0.5) is 23.7 Å². The molecule has 122 valence electrons. The molecule has 1 aliphatic heterocycles. The highest BCUT2D eigenvalue weighted by molar-refractivity contribution is 5.90. The molecular weight excluding hydrogens is 315 g/mol. The van der Waals surface area contributed by atoms with Crippen LogP contribution in [0.1, 0.15) is 18.4 Å². The first kappa shape index (κ1) is 15.5. The van der Waals surface area contributed by atoms with Crippen LogP contribution in [-0.4, -0.2) is 30.1 Å². The summed E-state index contributed by atoms with van der Waals surface area (Å²) >= 11 is 0. The lowest BCUT2D eigenvalue weighted by Gasteiger charge is -2.35. The quantitative estimate of drug-likeness (QED) is 0.615. The number of nitrogens with one attached hydrogen (secondary N) is 1. The van der Waals surface area contributed by atoms with Crippen molar-refractivity contribution in [2.24, 2.45) is 0 Å². The summed E-state index contributed by atoms with van der Waals surface area (Å²) in [6, 6.07) is 3.20. The van der Waals surface area contributed by atoms with Crippen LogP contribution in [0.25, 0.3) is 0 Å². The number of alkyl halides is 3. The molecule has 8 heteroatoms. The monoisotopic (exact) mass is 327 g/mol. The summed E-state index contributed by atoms with van der Waals surface area (Å²) in [5.41, 5.74) is -4.68. The van der Waals surface area contributed by atoms with Crippen molar-refractivity contribution in [3.05, 3.63) is 23.8 Å². The summed E-state index contributed by atoms with van der Waals surface area (Å²) in [6.45, 7) is 0. The van der Waals surface area contributed by atoms with Gasteiger partial charge in [-0.05, 0) is 37.0 Å². The number of phenols is 1. The minimum atomic E-state index is -5.00. The van der Waals surface area contributed by atoms with Gasteiger partial charge in [0.05, 0.1) is 5.69 Å². The third kappa shape index (κ3) is 2.47. The number of carbonyl (C=O) groups excluding carboxylic acids is 1. The van der Waals surface area contributed by atoms with E-state index >= 15 is 0 Å². The molecule has 0 radical (unpaired) electrons. The van der Waals surface area contributed by atoms with Gasteiger partial charge in [0, 0.05) is 12.7 Å². The predicted octanol–water partition coefficient (Wildman–Crippen LogP) is 2.89. The van der Waals surface area contributed by atoms with Crippen molar-refractivity contribution in [3.63, 3.8) is 0 Å². The first-order chi connectivity index (χ1) is 10.7. The van der Waals surface area contributed by atoms with Crippen molar-refractivity contribution in [1.82, 2.24) is 0 Å². The molecule has 23 heavy (non-hydrogen) atoms. The van der Waals surface area contributed by atoms with Gasteiger partial charge in [-0.25, -0.2) is 4.79 Å². The number of benzene rings is 1. The van der Waals surface area contributed by atoms with E-state index in [1.165, 1.54) is 7.11 Å². The molecule has 1 heterocycles. The fourth-order valence-corrected chi connectivity index (χ4v) is 2.33. The molecule has 2 aliphatic rings. The Kier molecular flexibility index (Phi) is 3.23. The number of hydrogen-bond donors (Lipinski definition) is 2. The van der Waals surface area contributed by atoms with E-state index in [1.54, 1.807) is 0 Å². The van der Waals surface area contributed by atoms with Gasteiger partial charge in [0.25, 0.3) is 5.60 Å². The standard InChI is InChI=1S/C15H12F3NO4/c1-22-13(4-5-13)6-7-14(15(16,17)18)10-8-9(20)2-3-11(10)19-12(21)23-14/h2-3,8,20H,4-5H2,1H3,(H,19,21)/t14-/m0/s1. The highest BCUT2D eigenvalue weighted by Gasteiger charge is 2.62. The maximum Gasteiger partial charge on any atom is 0.445 e. The largest absolute Gasteiger partial charge is 0.508 e. The van der Waals surface area contributed by atoms with Gasteiger partial charge >= 0.3 is 12.3 Å². The van der Waals surface area contributed by atoms with Crippen molar-refractivity contribution in [2.75, 3.05) is 12.4 Å². The Hall–Kier alpha value is -2.40. The summed E-state index contributed by atoms with van der Waals surface area (Å²) in [4.78, 5) is 11.6. The molecule has 0 bridgehead atoms. The van der Waals surface area contributed by atoms with Gasteiger partial charge < -0.3 is 14.6 Å². The van der Waals surface area contributed by atoms with Crippen LogP contribution in [0.5, 0.6) is 5.75 Å². The third-order valence-corrected chi connectivity index (χ3v) is 3.83. The molecule has 2 N–H and O–H groups in total. The fourth-order valence-electron chi connectivity index (χ4n) is 2.33. The van der Waals surface area contributed by atoms with E-state index < -0.39 is 34.8 Å². The molecule has 5 nitrogen and oxygen atoms in total. The number of rotatable bonds is 1. The minimum absolute atomic E-state index is 0.118. The van der Waals surface area contributed by atoms with Crippen LogP contribution < -0.4 is 5.32 Å². The summed E-state index contributed by atoms with van der Waals surface area (Å²) in [5, 5.41) is 11.7. The molecular formula is C15H12F3NO4. The number of hydrogen-bond acceptors (Lipinski definition) is 4. The lowest BCUT2D eigenvalue weighted by atomic mass is 9.90. The molecule has 1 atom stereocenters. The van der Waals surface area contributed by atoms with Crippen LogP contribution >= 0.6 is 0 Å². The average molecular weight is 327 g/mol. The third-order valence-electron chi connectivity index (χ3n) is 3.83. The number of amides is 1. The normalized spacial score (nSPS) is 24.6. The Labute approximate surface area is 129 Å². The van der Waals surface area contributed by atoms with Crippen LogP contribution in [0.2, 0.25) is 0 Å². The molecule has 0 unspecified atom stereocenters. The lowest BCUT2D eigenvalue weighted by Crippen LogP contribution is -2.49. The molecule has 1 aromatic rings. The van der Waals surface area contributed by atoms with Crippen molar-refractivity contribution in [3.8, 4) is 17.6 Å². The predicted molar refractivity (Wildman–Crippen MR) is 72.7 cm³/mol. The number of cyclic esters (lactones) is 1. The first-order valence-corrected chi connectivity index (χ1v) is 6.71. The number of carbonyl (C=O) groups is 1. The second kappa shape index (κ2) is 4.80. The first-order valence-electron chi connectivity index (χ1n) is 6.71. The van der Waals surface area contributed by atoms with Crippen LogP contribution in [0, 0.1) is 11.8 Å². The Morgan fingerprint density at radius 2 is 2.04 bits per heavy atom. The second-order valence-corrected chi connectivity index (χ2v) is 5.37. The number of halogens is 3. The molecule has 1 aliphatic carbocycles. The summed E-state index contributed by atoms with van der Waals surface area (Å²) in [7, 11) is 1.36. The molecule has 1 amide bonds. The highest BCUT2D eigenvalue weighted by atomic mass is 19.4. The maximum atomic E-state index is 13.7. The molecule has 0 saturated heterocycles. The Morgan fingerprint density at radius 3 is 2.61 bits per heavy atom. The van der Waals surface area contributed by atoms with Crippen molar-refractivity contribution in [1.29, 1.82) is 0 Å². The van der Waals surface area contributed by atoms with E-state index in [0.717, 1.165) is 18.2 Å². The molecule has 1 fully saturated rings. The molecule has 1 aromatic carbocycles.